The Morgan fingerprint density at radius 1 is 1.57 bits per heavy atom. The van der Waals surface area contributed by atoms with Gasteiger partial charge in [0.15, 0.2) is 0 Å². The predicted molar refractivity (Wildman–Crippen MR) is 32.7 cm³/mol. The average Bonchev–Trinajstić information content (AvgIpc) is 1.27. The van der Waals surface area contributed by atoms with E-state index >= 15 is 0 Å². The quantitative estimate of drug-likeness (QED) is 0.429. The van der Waals surface area contributed by atoms with E-state index in [2.05, 4.69) is 13.8 Å². The van der Waals surface area contributed by atoms with Crippen LogP contribution in [0.5, 0.6) is 0 Å². The van der Waals surface area contributed by atoms with Gasteiger partial charge in [-0.1, -0.05) is 6.92 Å². The summed E-state index contributed by atoms with van der Waals surface area (Å²) in [6, 6.07) is 0. The van der Waals surface area contributed by atoms with Crippen molar-refractivity contribution in [1.82, 2.24) is 0 Å². The Kier molecular flexibility index (Phi) is 1.07. The molecule has 1 aliphatic carbocycles. The minimum Gasteiger partial charge on any atom is -0.120 e. The first kappa shape index (κ1) is 5.43. The van der Waals surface area contributed by atoms with E-state index in [0.717, 1.165) is 5.92 Å². The molecule has 0 heterocycles. The SMILES string of the molecule is CC1CC(C)(Cl)C1. The summed E-state index contributed by atoms with van der Waals surface area (Å²) >= 11 is 5.90. The Morgan fingerprint density at radius 2 is 2.00 bits per heavy atom. The van der Waals surface area contributed by atoms with E-state index < -0.39 is 0 Å². The molecule has 1 aliphatic rings. The third kappa shape index (κ3) is 1.09. The Balaban J connectivity index is 2.29. The summed E-state index contributed by atoms with van der Waals surface area (Å²) < 4.78 is 0. The minimum atomic E-state index is 0.166. The van der Waals surface area contributed by atoms with Crippen LogP contribution in [0.3, 0.4) is 0 Å². The lowest BCUT2D eigenvalue weighted by Crippen LogP contribution is -2.33. The molecule has 0 aromatic rings. The summed E-state index contributed by atoms with van der Waals surface area (Å²) in [4.78, 5) is 0.166. The van der Waals surface area contributed by atoms with E-state index in [0.29, 0.717) is 0 Å². The van der Waals surface area contributed by atoms with Crippen molar-refractivity contribution in [2.75, 3.05) is 0 Å². The van der Waals surface area contributed by atoms with Gasteiger partial charge in [-0.15, -0.1) is 11.6 Å². The molecule has 0 nitrogen and oxygen atoms in total. The zero-order chi connectivity index (χ0) is 5.49. The molecule has 0 amide bonds. The largest absolute Gasteiger partial charge is 0.120 e. The number of hydrogen-bond donors (Lipinski definition) is 0. The van der Waals surface area contributed by atoms with Gasteiger partial charge in [0.25, 0.3) is 0 Å². The van der Waals surface area contributed by atoms with Crippen molar-refractivity contribution in [2.24, 2.45) is 5.92 Å². The van der Waals surface area contributed by atoms with Crippen LogP contribution in [0.2, 0.25) is 0 Å². The van der Waals surface area contributed by atoms with Crippen LogP contribution in [0.15, 0.2) is 0 Å². The first-order valence-corrected chi connectivity index (χ1v) is 3.17. The molecule has 0 N–H and O–H groups in total. The van der Waals surface area contributed by atoms with Crippen LogP contribution in [0.4, 0.5) is 0 Å². The summed E-state index contributed by atoms with van der Waals surface area (Å²) in [7, 11) is 0. The molecular formula is C6H11Cl. The van der Waals surface area contributed by atoms with Crippen LogP contribution >= 0.6 is 11.6 Å². The Hall–Kier alpha value is 0.290. The zero-order valence-electron chi connectivity index (χ0n) is 4.87. The van der Waals surface area contributed by atoms with Gasteiger partial charge in [-0.25, -0.2) is 0 Å². The normalized spacial score (nSPS) is 51.0. The second-order valence-corrected chi connectivity index (χ2v) is 3.84. The van der Waals surface area contributed by atoms with Gasteiger partial charge in [0.2, 0.25) is 0 Å². The highest BCUT2D eigenvalue weighted by Crippen LogP contribution is 2.42. The maximum atomic E-state index is 5.90. The molecule has 1 saturated carbocycles. The van der Waals surface area contributed by atoms with E-state index in [1.807, 2.05) is 0 Å². The number of hydrogen-bond acceptors (Lipinski definition) is 0. The molecule has 0 radical (unpaired) electrons. The molecule has 42 valence electrons. The van der Waals surface area contributed by atoms with Crippen molar-refractivity contribution in [2.45, 2.75) is 31.6 Å². The van der Waals surface area contributed by atoms with E-state index in [1.54, 1.807) is 0 Å². The lowest BCUT2D eigenvalue weighted by molar-refractivity contribution is 0.262. The smallest absolute Gasteiger partial charge is 0.0423 e. The van der Waals surface area contributed by atoms with E-state index in [9.17, 15) is 0 Å². The van der Waals surface area contributed by atoms with Gasteiger partial charge in [0.05, 0.1) is 0 Å². The van der Waals surface area contributed by atoms with Gasteiger partial charge in [0, 0.05) is 4.87 Å². The standard InChI is InChI=1S/C6H11Cl/c1-5-3-6(2,7)4-5/h5H,3-4H2,1-2H3. The first-order valence-electron chi connectivity index (χ1n) is 2.79. The van der Waals surface area contributed by atoms with Crippen molar-refractivity contribution in [3.8, 4) is 0 Å². The molecule has 1 heteroatoms. The number of alkyl halides is 1. The lowest BCUT2D eigenvalue weighted by Gasteiger charge is -2.37. The van der Waals surface area contributed by atoms with Crippen molar-refractivity contribution < 1.29 is 0 Å². The molecule has 7 heavy (non-hydrogen) atoms. The highest BCUT2D eigenvalue weighted by Gasteiger charge is 2.34. The van der Waals surface area contributed by atoms with Gasteiger partial charge in [-0.05, 0) is 25.7 Å². The molecule has 0 aliphatic heterocycles. The molecule has 1 fully saturated rings. The van der Waals surface area contributed by atoms with Gasteiger partial charge >= 0.3 is 0 Å². The van der Waals surface area contributed by atoms with Gasteiger partial charge < -0.3 is 0 Å². The second-order valence-electron chi connectivity index (χ2n) is 2.93. The van der Waals surface area contributed by atoms with Crippen LogP contribution in [0, 0.1) is 5.92 Å². The second kappa shape index (κ2) is 1.38. The third-order valence-electron chi connectivity index (χ3n) is 1.55. The van der Waals surface area contributed by atoms with Crippen molar-refractivity contribution in [1.29, 1.82) is 0 Å². The van der Waals surface area contributed by atoms with Gasteiger partial charge in [0.1, 0.15) is 0 Å². The summed E-state index contributed by atoms with van der Waals surface area (Å²) in [5.74, 6) is 0.877. The Morgan fingerprint density at radius 3 is 2.00 bits per heavy atom. The van der Waals surface area contributed by atoms with Crippen molar-refractivity contribution in [3.05, 3.63) is 0 Å². The van der Waals surface area contributed by atoms with Crippen LogP contribution in [-0.4, -0.2) is 4.87 Å². The third-order valence-corrected chi connectivity index (χ3v) is 1.86. The molecule has 0 bridgehead atoms. The predicted octanol–water partition coefficient (Wildman–Crippen LogP) is 2.41. The molecule has 0 aromatic carbocycles. The lowest BCUT2D eigenvalue weighted by atomic mass is 9.77. The first-order chi connectivity index (χ1) is 3.10. The van der Waals surface area contributed by atoms with Crippen LogP contribution in [-0.2, 0) is 0 Å². The van der Waals surface area contributed by atoms with Crippen molar-refractivity contribution >= 4 is 11.6 Å². The van der Waals surface area contributed by atoms with E-state index in [1.165, 1.54) is 12.8 Å². The zero-order valence-corrected chi connectivity index (χ0v) is 5.63. The van der Waals surface area contributed by atoms with Gasteiger partial charge in [-0.2, -0.15) is 0 Å². The molecule has 0 aromatic heterocycles. The monoisotopic (exact) mass is 118 g/mol. The van der Waals surface area contributed by atoms with Crippen LogP contribution in [0.25, 0.3) is 0 Å². The molecule has 1 rings (SSSR count). The van der Waals surface area contributed by atoms with Gasteiger partial charge in [-0.3, -0.25) is 0 Å². The molecule has 0 saturated heterocycles. The summed E-state index contributed by atoms with van der Waals surface area (Å²) in [5, 5.41) is 0. The molecule has 0 unspecified atom stereocenters. The molecular weight excluding hydrogens is 108 g/mol. The summed E-state index contributed by atoms with van der Waals surface area (Å²) in [6.45, 7) is 4.35. The number of rotatable bonds is 0. The minimum absolute atomic E-state index is 0.166. The topological polar surface area (TPSA) is 0 Å². The average molecular weight is 119 g/mol. The van der Waals surface area contributed by atoms with Crippen LogP contribution < -0.4 is 0 Å². The van der Waals surface area contributed by atoms with Crippen LogP contribution in [0.1, 0.15) is 26.7 Å². The highest BCUT2D eigenvalue weighted by atomic mass is 35.5. The fourth-order valence-electron chi connectivity index (χ4n) is 1.39. The molecule has 0 spiro atoms. The van der Waals surface area contributed by atoms with E-state index in [4.69, 9.17) is 11.6 Å². The molecule has 0 atom stereocenters. The van der Waals surface area contributed by atoms with E-state index in [-0.39, 0.29) is 4.87 Å². The van der Waals surface area contributed by atoms with Crippen molar-refractivity contribution in [3.63, 3.8) is 0 Å². The Bertz CT molecular complexity index is 68.2. The fourth-order valence-corrected chi connectivity index (χ4v) is 1.92. The fraction of sp³-hybridized carbons (Fsp3) is 1.00. The number of halogens is 1. The summed E-state index contributed by atoms with van der Waals surface area (Å²) in [6.07, 6.45) is 2.41. The maximum Gasteiger partial charge on any atom is 0.0423 e. The highest BCUT2D eigenvalue weighted by molar-refractivity contribution is 6.24. The Labute approximate surface area is 49.9 Å². The summed E-state index contributed by atoms with van der Waals surface area (Å²) in [5.41, 5.74) is 0. The maximum absolute atomic E-state index is 5.90.